The molecule has 126 valence electrons. The van der Waals surface area contributed by atoms with Crippen LogP contribution in [0.1, 0.15) is 39.9 Å². The zero-order chi connectivity index (χ0) is 16.9. The first-order chi connectivity index (χ1) is 11.6. The van der Waals surface area contributed by atoms with Gasteiger partial charge in [-0.1, -0.05) is 18.2 Å². The van der Waals surface area contributed by atoms with Crippen LogP contribution in [0.25, 0.3) is 0 Å². The molecule has 0 aliphatic heterocycles. The molecule has 0 bridgehead atoms. The first-order valence-electron chi connectivity index (χ1n) is 8.78. The zero-order valence-corrected chi connectivity index (χ0v) is 14.6. The number of rotatable bonds is 5. The van der Waals surface area contributed by atoms with Gasteiger partial charge in [0.1, 0.15) is 0 Å². The van der Waals surface area contributed by atoms with Crippen LogP contribution in [0.5, 0.6) is 0 Å². The van der Waals surface area contributed by atoms with Crippen LogP contribution < -0.4 is 5.32 Å². The van der Waals surface area contributed by atoms with Gasteiger partial charge >= 0.3 is 0 Å². The standard InChI is InChI=1S/C21H26N2O/c1-23(2)14-13-16-7-11-20(12-8-16)22-21(24)19-10-9-17-5-3-4-6-18(17)15-19/h7-12,15H,3-6,13-14H2,1-2H3,(H,22,24). The average Bonchev–Trinajstić information content (AvgIpc) is 2.60. The van der Waals surface area contributed by atoms with Gasteiger partial charge in [0.2, 0.25) is 0 Å². The van der Waals surface area contributed by atoms with Crippen molar-refractivity contribution in [3.05, 3.63) is 64.7 Å². The molecule has 0 radical (unpaired) electrons. The van der Waals surface area contributed by atoms with Gasteiger partial charge in [0.05, 0.1) is 0 Å². The number of benzene rings is 2. The maximum atomic E-state index is 12.5. The number of likely N-dealkylation sites (N-methyl/N-ethyl adjacent to an activating group) is 1. The molecule has 1 N–H and O–H groups in total. The number of carbonyl (C=O) groups is 1. The highest BCUT2D eigenvalue weighted by molar-refractivity contribution is 6.04. The van der Waals surface area contributed by atoms with Crippen molar-refractivity contribution in [1.29, 1.82) is 0 Å². The summed E-state index contributed by atoms with van der Waals surface area (Å²) in [6, 6.07) is 14.3. The van der Waals surface area contributed by atoms with Crippen LogP contribution in [0.2, 0.25) is 0 Å². The average molecular weight is 322 g/mol. The van der Waals surface area contributed by atoms with Gasteiger partial charge in [0.15, 0.2) is 0 Å². The Hall–Kier alpha value is -2.13. The molecule has 0 saturated heterocycles. The molecular weight excluding hydrogens is 296 g/mol. The monoisotopic (exact) mass is 322 g/mol. The first kappa shape index (κ1) is 16.7. The summed E-state index contributed by atoms with van der Waals surface area (Å²) >= 11 is 0. The Kier molecular flexibility index (Phi) is 5.31. The predicted molar refractivity (Wildman–Crippen MR) is 99.7 cm³/mol. The van der Waals surface area contributed by atoms with E-state index in [1.807, 2.05) is 18.2 Å². The van der Waals surface area contributed by atoms with E-state index in [1.54, 1.807) is 0 Å². The maximum absolute atomic E-state index is 12.5. The summed E-state index contributed by atoms with van der Waals surface area (Å²) in [6.07, 6.45) is 5.75. The van der Waals surface area contributed by atoms with Crippen LogP contribution in [0, 0.1) is 0 Å². The zero-order valence-electron chi connectivity index (χ0n) is 14.6. The lowest BCUT2D eigenvalue weighted by Crippen LogP contribution is -2.15. The second-order valence-electron chi connectivity index (χ2n) is 6.89. The van der Waals surface area contributed by atoms with Crippen LogP contribution in [0.4, 0.5) is 5.69 Å². The number of carbonyl (C=O) groups excluding carboxylic acids is 1. The van der Waals surface area contributed by atoms with E-state index >= 15 is 0 Å². The summed E-state index contributed by atoms with van der Waals surface area (Å²) in [5.41, 5.74) is 5.64. The molecular formula is C21H26N2O. The normalized spacial score (nSPS) is 13.6. The lowest BCUT2D eigenvalue weighted by atomic mass is 9.90. The van der Waals surface area contributed by atoms with Crippen LogP contribution in [-0.4, -0.2) is 31.4 Å². The van der Waals surface area contributed by atoms with Crippen molar-refractivity contribution in [2.24, 2.45) is 0 Å². The minimum atomic E-state index is -0.0237. The first-order valence-corrected chi connectivity index (χ1v) is 8.78. The van der Waals surface area contributed by atoms with Gasteiger partial charge in [0.25, 0.3) is 5.91 Å². The summed E-state index contributed by atoms with van der Waals surface area (Å²) in [7, 11) is 4.15. The Labute approximate surface area is 144 Å². The number of fused-ring (bicyclic) bond motifs is 1. The highest BCUT2D eigenvalue weighted by Gasteiger charge is 2.13. The van der Waals surface area contributed by atoms with Gasteiger partial charge in [-0.3, -0.25) is 4.79 Å². The van der Waals surface area contributed by atoms with Gasteiger partial charge in [-0.15, -0.1) is 0 Å². The molecule has 0 unspecified atom stereocenters. The smallest absolute Gasteiger partial charge is 0.255 e. The Morgan fingerprint density at radius 3 is 2.42 bits per heavy atom. The molecule has 0 saturated carbocycles. The fraction of sp³-hybridized carbons (Fsp3) is 0.381. The number of anilines is 1. The van der Waals surface area contributed by atoms with Crippen molar-refractivity contribution in [1.82, 2.24) is 4.90 Å². The van der Waals surface area contributed by atoms with Crippen molar-refractivity contribution < 1.29 is 4.79 Å². The molecule has 0 heterocycles. The molecule has 0 fully saturated rings. The Morgan fingerprint density at radius 1 is 1.00 bits per heavy atom. The van der Waals surface area contributed by atoms with Crippen LogP contribution in [-0.2, 0) is 19.3 Å². The quantitative estimate of drug-likeness (QED) is 0.905. The number of aryl methyl sites for hydroxylation is 2. The van der Waals surface area contributed by atoms with E-state index in [4.69, 9.17) is 0 Å². The van der Waals surface area contributed by atoms with Crippen LogP contribution in [0.15, 0.2) is 42.5 Å². The van der Waals surface area contributed by atoms with E-state index in [9.17, 15) is 4.79 Å². The van der Waals surface area contributed by atoms with Crippen molar-refractivity contribution in [3.8, 4) is 0 Å². The van der Waals surface area contributed by atoms with Gasteiger partial charge in [-0.25, -0.2) is 0 Å². The predicted octanol–water partition coefficient (Wildman–Crippen LogP) is 3.92. The number of hydrogen-bond acceptors (Lipinski definition) is 2. The van der Waals surface area contributed by atoms with Gasteiger partial charge < -0.3 is 10.2 Å². The van der Waals surface area contributed by atoms with Crippen molar-refractivity contribution in [2.75, 3.05) is 26.0 Å². The largest absolute Gasteiger partial charge is 0.322 e. The molecule has 24 heavy (non-hydrogen) atoms. The summed E-state index contributed by atoms with van der Waals surface area (Å²) in [4.78, 5) is 14.7. The van der Waals surface area contributed by atoms with Crippen molar-refractivity contribution in [2.45, 2.75) is 32.1 Å². The summed E-state index contributed by atoms with van der Waals surface area (Å²) in [5.74, 6) is -0.0237. The molecule has 1 amide bonds. The highest BCUT2D eigenvalue weighted by Crippen LogP contribution is 2.22. The fourth-order valence-corrected chi connectivity index (χ4v) is 3.19. The van der Waals surface area contributed by atoms with E-state index in [1.165, 1.54) is 29.5 Å². The van der Waals surface area contributed by atoms with Gasteiger partial charge in [-0.2, -0.15) is 0 Å². The summed E-state index contributed by atoms with van der Waals surface area (Å²) < 4.78 is 0. The number of hydrogen-bond donors (Lipinski definition) is 1. The molecule has 0 spiro atoms. The van der Waals surface area contributed by atoms with Crippen LogP contribution >= 0.6 is 0 Å². The van der Waals surface area contributed by atoms with Gasteiger partial charge in [-0.05, 0) is 87.2 Å². The molecule has 2 aromatic carbocycles. The molecule has 2 aromatic rings. The second-order valence-corrected chi connectivity index (χ2v) is 6.89. The number of nitrogens with zero attached hydrogens (tertiary/aromatic N) is 1. The molecule has 3 nitrogen and oxygen atoms in total. The Balaban J connectivity index is 1.64. The molecule has 0 aromatic heterocycles. The van der Waals surface area contributed by atoms with Crippen LogP contribution in [0.3, 0.4) is 0 Å². The van der Waals surface area contributed by atoms with E-state index in [-0.39, 0.29) is 5.91 Å². The van der Waals surface area contributed by atoms with Gasteiger partial charge in [0, 0.05) is 17.8 Å². The third-order valence-corrected chi connectivity index (χ3v) is 4.67. The molecule has 1 aliphatic carbocycles. The van der Waals surface area contributed by atoms with E-state index < -0.39 is 0 Å². The molecule has 3 heteroatoms. The SMILES string of the molecule is CN(C)CCc1ccc(NC(=O)c2ccc3c(c2)CCCC3)cc1. The number of nitrogens with one attached hydrogen (secondary N) is 1. The van der Waals surface area contributed by atoms with E-state index in [0.717, 1.165) is 37.1 Å². The molecule has 0 atom stereocenters. The Morgan fingerprint density at radius 2 is 1.71 bits per heavy atom. The van der Waals surface area contributed by atoms with Crippen molar-refractivity contribution in [3.63, 3.8) is 0 Å². The highest BCUT2D eigenvalue weighted by atomic mass is 16.1. The topological polar surface area (TPSA) is 32.3 Å². The minimum Gasteiger partial charge on any atom is -0.322 e. The lowest BCUT2D eigenvalue weighted by molar-refractivity contribution is 0.102. The van der Waals surface area contributed by atoms with E-state index in [0.29, 0.717) is 0 Å². The minimum absolute atomic E-state index is 0.0237. The third-order valence-electron chi connectivity index (χ3n) is 4.67. The van der Waals surface area contributed by atoms with Crippen molar-refractivity contribution >= 4 is 11.6 Å². The van der Waals surface area contributed by atoms with E-state index in [2.05, 4.69) is 48.6 Å². The third kappa shape index (κ3) is 4.24. The molecule has 1 aliphatic rings. The summed E-state index contributed by atoms with van der Waals surface area (Å²) in [5, 5.41) is 3.01. The summed E-state index contributed by atoms with van der Waals surface area (Å²) in [6.45, 7) is 1.03. The maximum Gasteiger partial charge on any atom is 0.255 e. The second kappa shape index (κ2) is 7.63. The molecule has 3 rings (SSSR count). The number of amides is 1. The Bertz CT molecular complexity index is 704. The lowest BCUT2D eigenvalue weighted by Gasteiger charge is -2.16. The fourth-order valence-electron chi connectivity index (χ4n) is 3.19.